The largest absolute Gasteiger partial charge is 0.397 e. The molecular weight excluding hydrogens is 335 g/mol. The number of hydrogen-bond acceptors (Lipinski definition) is 4. The minimum absolute atomic E-state index is 0.227. The number of halogens is 2. The van der Waals surface area contributed by atoms with Gasteiger partial charge < -0.3 is 15.8 Å². The van der Waals surface area contributed by atoms with Crippen molar-refractivity contribution in [1.29, 1.82) is 0 Å². The summed E-state index contributed by atoms with van der Waals surface area (Å²) in [5.41, 5.74) is 6.42. The first kappa shape index (κ1) is 18.2. The quantitative estimate of drug-likeness (QED) is 0.704. The Kier molecular flexibility index (Phi) is 8.03. The van der Waals surface area contributed by atoms with E-state index in [0.29, 0.717) is 40.9 Å². The van der Waals surface area contributed by atoms with Crippen molar-refractivity contribution in [1.82, 2.24) is 0 Å². The van der Waals surface area contributed by atoms with Crippen LogP contribution in [-0.2, 0) is 20.3 Å². The highest BCUT2D eigenvalue weighted by Gasteiger charge is 2.11. The monoisotopic (exact) mass is 352 g/mol. The van der Waals surface area contributed by atoms with E-state index < -0.39 is 10.8 Å². The van der Waals surface area contributed by atoms with Gasteiger partial charge in [-0.2, -0.15) is 0 Å². The second kappa shape index (κ2) is 9.25. The first-order valence-corrected chi connectivity index (χ1v) is 8.56. The van der Waals surface area contributed by atoms with E-state index in [0.717, 1.165) is 0 Å². The van der Waals surface area contributed by atoms with Crippen molar-refractivity contribution in [2.24, 2.45) is 0 Å². The summed E-state index contributed by atoms with van der Waals surface area (Å²) >= 11 is 11.8. The van der Waals surface area contributed by atoms with Crippen molar-refractivity contribution in [2.45, 2.75) is 12.8 Å². The van der Waals surface area contributed by atoms with E-state index in [1.165, 1.54) is 12.1 Å². The fourth-order valence-electron chi connectivity index (χ4n) is 1.60. The number of nitrogen functional groups attached to an aromatic ring is 1. The zero-order valence-electron chi connectivity index (χ0n) is 11.7. The van der Waals surface area contributed by atoms with Crippen LogP contribution < -0.4 is 11.1 Å². The van der Waals surface area contributed by atoms with Crippen LogP contribution in [0.4, 0.5) is 11.4 Å². The molecule has 21 heavy (non-hydrogen) atoms. The minimum Gasteiger partial charge on any atom is -0.397 e. The van der Waals surface area contributed by atoms with Crippen LogP contribution in [-0.4, -0.2) is 35.3 Å². The van der Waals surface area contributed by atoms with Crippen molar-refractivity contribution < 1.29 is 13.7 Å². The Morgan fingerprint density at radius 2 is 2.10 bits per heavy atom. The molecule has 0 aliphatic heterocycles. The molecule has 1 rings (SSSR count). The van der Waals surface area contributed by atoms with Crippen LogP contribution >= 0.6 is 23.2 Å². The minimum atomic E-state index is -0.968. The summed E-state index contributed by atoms with van der Waals surface area (Å²) in [6, 6.07) is 3.03. The zero-order chi connectivity index (χ0) is 15.8. The summed E-state index contributed by atoms with van der Waals surface area (Å²) in [6.45, 7) is 0.454. The number of hydrogen-bond donors (Lipinski definition) is 2. The molecule has 0 radical (unpaired) electrons. The first-order chi connectivity index (χ1) is 9.93. The highest BCUT2D eigenvalue weighted by molar-refractivity contribution is 7.84. The third-order valence-corrected chi connectivity index (χ3v) is 4.52. The lowest BCUT2D eigenvalue weighted by atomic mass is 10.2. The summed E-state index contributed by atoms with van der Waals surface area (Å²) in [5, 5.41) is 3.34. The molecule has 1 aromatic rings. The van der Waals surface area contributed by atoms with Gasteiger partial charge in [-0.3, -0.25) is 9.00 Å². The number of nitrogens with one attached hydrogen (secondary N) is 1. The molecule has 0 saturated carbocycles. The topological polar surface area (TPSA) is 81.4 Å². The van der Waals surface area contributed by atoms with E-state index in [4.69, 9.17) is 33.7 Å². The number of amides is 1. The van der Waals surface area contributed by atoms with Crippen LogP contribution in [0.3, 0.4) is 0 Å². The van der Waals surface area contributed by atoms with Gasteiger partial charge in [0.25, 0.3) is 0 Å². The molecule has 1 aromatic carbocycles. The van der Waals surface area contributed by atoms with E-state index in [1.54, 1.807) is 7.11 Å². The smallest absolute Gasteiger partial charge is 0.224 e. The van der Waals surface area contributed by atoms with E-state index in [1.807, 2.05) is 0 Å². The molecule has 1 unspecified atom stereocenters. The van der Waals surface area contributed by atoms with Gasteiger partial charge in [0.2, 0.25) is 5.91 Å². The standard InChI is InChI=1S/C13H18Cl2N2O3S/c1-20-4-6-21(19)5-2-3-12(18)17-13-10(15)7-9(14)8-11(13)16/h7-8H,2-6,16H2,1H3,(H,17,18). The number of methoxy groups -OCH3 is 1. The SMILES string of the molecule is COCCS(=O)CCCC(=O)Nc1c(N)cc(Cl)cc1Cl. The van der Waals surface area contributed by atoms with Crippen molar-refractivity contribution in [2.75, 3.05) is 36.3 Å². The Balaban J connectivity index is 2.43. The predicted molar refractivity (Wildman–Crippen MR) is 88.5 cm³/mol. The molecule has 0 spiro atoms. The van der Waals surface area contributed by atoms with Crippen molar-refractivity contribution in [3.8, 4) is 0 Å². The Morgan fingerprint density at radius 3 is 2.71 bits per heavy atom. The van der Waals surface area contributed by atoms with Gasteiger partial charge in [0.1, 0.15) is 0 Å². The Bertz CT molecular complexity index is 503. The van der Waals surface area contributed by atoms with Crippen LogP contribution in [0, 0.1) is 0 Å². The van der Waals surface area contributed by atoms with Gasteiger partial charge in [-0.15, -0.1) is 0 Å². The number of rotatable bonds is 8. The molecular formula is C13H18Cl2N2O3S. The fraction of sp³-hybridized carbons (Fsp3) is 0.462. The fourth-order valence-corrected chi connectivity index (χ4v) is 3.18. The van der Waals surface area contributed by atoms with E-state index in [-0.39, 0.29) is 17.4 Å². The number of carbonyl (C=O) groups excluding carboxylic acids is 1. The third-order valence-electron chi connectivity index (χ3n) is 2.64. The van der Waals surface area contributed by atoms with E-state index in [2.05, 4.69) is 5.32 Å². The Hall–Kier alpha value is -0.820. The molecule has 0 fully saturated rings. The van der Waals surface area contributed by atoms with Crippen LogP contribution in [0.1, 0.15) is 12.8 Å². The lowest BCUT2D eigenvalue weighted by Crippen LogP contribution is -2.15. The second-order valence-electron chi connectivity index (χ2n) is 4.34. The molecule has 0 bridgehead atoms. The maximum absolute atomic E-state index is 11.8. The molecule has 0 saturated heterocycles. The van der Waals surface area contributed by atoms with Crippen molar-refractivity contribution in [3.63, 3.8) is 0 Å². The van der Waals surface area contributed by atoms with Gasteiger partial charge in [-0.05, 0) is 18.6 Å². The second-order valence-corrected chi connectivity index (χ2v) is 6.88. The van der Waals surface area contributed by atoms with E-state index >= 15 is 0 Å². The van der Waals surface area contributed by atoms with Gasteiger partial charge in [-0.1, -0.05) is 23.2 Å². The Morgan fingerprint density at radius 1 is 1.38 bits per heavy atom. The summed E-state index contributed by atoms with van der Waals surface area (Å²) in [6.07, 6.45) is 0.768. The maximum atomic E-state index is 11.8. The summed E-state index contributed by atoms with van der Waals surface area (Å²) in [7, 11) is 0.593. The number of benzene rings is 1. The maximum Gasteiger partial charge on any atom is 0.224 e. The highest BCUT2D eigenvalue weighted by atomic mass is 35.5. The Labute approximate surface area is 136 Å². The molecule has 0 aromatic heterocycles. The lowest BCUT2D eigenvalue weighted by Gasteiger charge is -2.10. The molecule has 0 aliphatic rings. The van der Waals surface area contributed by atoms with Crippen LogP contribution in [0.5, 0.6) is 0 Å². The van der Waals surface area contributed by atoms with Crippen molar-refractivity contribution >= 4 is 51.3 Å². The molecule has 0 aliphatic carbocycles. The molecule has 8 heteroatoms. The molecule has 1 atom stereocenters. The number of nitrogens with two attached hydrogens (primary N) is 1. The molecule has 3 N–H and O–H groups in total. The molecule has 118 valence electrons. The van der Waals surface area contributed by atoms with Crippen LogP contribution in [0.2, 0.25) is 10.0 Å². The lowest BCUT2D eigenvalue weighted by molar-refractivity contribution is -0.116. The van der Waals surface area contributed by atoms with Gasteiger partial charge in [0.05, 0.1) is 23.0 Å². The van der Waals surface area contributed by atoms with Crippen molar-refractivity contribution in [3.05, 3.63) is 22.2 Å². The predicted octanol–water partition coefficient (Wildman–Crippen LogP) is 2.69. The number of carbonyl (C=O) groups is 1. The average Bonchev–Trinajstić information content (AvgIpc) is 2.40. The van der Waals surface area contributed by atoms with Crippen LogP contribution in [0.25, 0.3) is 0 Å². The first-order valence-electron chi connectivity index (χ1n) is 6.32. The molecule has 5 nitrogen and oxygen atoms in total. The normalized spacial score (nSPS) is 12.1. The van der Waals surface area contributed by atoms with E-state index in [9.17, 15) is 9.00 Å². The molecule has 0 heterocycles. The van der Waals surface area contributed by atoms with Crippen LogP contribution in [0.15, 0.2) is 12.1 Å². The number of ether oxygens (including phenoxy) is 1. The third kappa shape index (κ3) is 6.65. The van der Waals surface area contributed by atoms with Gasteiger partial charge in [-0.25, -0.2) is 0 Å². The summed E-state index contributed by atoms with van der Waals surface area (Å²) < 4.78 is 16.4. The summed E-state index contributed by atoms with van der Waals surface area (Å²) in [4.78, 5) is 11.8. The number of anilines is 2. The van der Waals surface area contributed by atoms with Gasteiger partial charge in [0, 0.05) is 40.9 Å². The summed E-state index contributed by atoms with van der Waals surface area (Å²) in [5.74, 6) is 0.712. The highest BCUT2D eigenvalue weighted by Crippen LogP contribution is 2.32. The average molecular weight is 353 g/mol. The van der Waals surface area contributed by atoms with Gasteiger partial charge >= 0.3 is 0 Å². The zero-order valence-corrected chi connectivity index (χ0v) is 14.0. The van der Waals surface area contributed by atoms with Gasteiger partial charge in [0.15, 0.2) is 0 Å². The molecule has 1 amide bonds.